The summed E-state index contributed by atoms with van der Waals surface area (Å²) in [5.41, 5.74) is 0. The summed E-state index contributed by atoms with van der Waals surface area (Å²) in [7, 11) is 0. The first kappa shape index (κ1) is 8.27. The SMILES string of the molecule is C/C=C\N=C(C)N1CC(O)C1. The maximum absolute atomic E-state index is 8.98. The van der Waals surface area contributed by atoms with Gasteiger partial charge in [0.2, 0.25) is 0 Å². The second kappa shape index (κ2) is 3.53. The molecule has 0 unspecified atom stereocenters. The third kappa shape index (κ3) is 2.05. The molecule has 11 heavy (non-hydrogen) atoms. The zero-order valence-corrected chi connectivity index (χ0v) is 6.99. The van der Waals surface area contributed by atoms with Gasteiger partial charge in [0.05, 0.1) is 6.10 Å². The van der Waals surface area contributed by atoms with Crippen molar-refractivity contribution < 1.29 is 5.11 Å². The van der Waals surface area contributed by atoms with Crippen LogP contribution in [0.1, 0.15) is 13.8 Å². The Hall–Kier alpha value is -0.830. The number of likely N-dealkylation sites (tertiary alicyclic amines) is 1. The molecule has 0 radical (unpaired) electrons. The molecule has 3 heteroatoms. The van der Waals surface area contributed by atoms with Gasteiger partial charge in [-0.2, -0.15) is 0 Å². The quantitative estimate of drug-likeness (QED) is 0.444. The van der Waals surface area contributed by atoms with Crippen LogP contribution in [0.4, 0.5) is 0 Å². The number of amidine groups is 1. The van der Waals surface area contributed by atoms with Crippen molar-refractivity contribution in [3.8, 4) is 0 Å². The van der Waals surface area contributed by atoms with Crippen LogP contribution in [0, 0.1) is 0 Å². The summed E-state index contributed by atoms with van der Waals surface area (Å²) in [6.45, 7) is 5.34. The number of rotatable bonds is 1. The van der Waals surface area contributed by atoms with Gasteiger partial charge in [0, 0.05) is 19.3 Å². The Balaban J connectivity index is 2.36. The van der Waals surface area contributed by atoms with E-state index in [9.17, 15) is 0 Å². The Labute approximate surface area is 67.0 Å². The second-order valence-electron chi connectivity index (χ2n) is 2.72. The normalized spacial score (nSPS) is 21.0. The molecule has 1 fully saturated rings. The molecule has 0 aromatic heterocycles. The minimum atomic E-state index is -0.147. The van der Waals surface area contributed by atoms with Gasteiger partial charge in [0.25, 0.3) is 0 Å². The van der Waals surface area contributed by atoms with Crippen molar-refractivity contribution in [3.63, 3.8) is 0 Å². The fourth-order valence-electron chi connectivity index (χ4n) is 0.984. The number of allylic oxidation sites excluding steroid dienone is 1. The van der Waals surface area contributed by atoms with Gasteiger partial charge in [-0.15, -0.1) is 0 Å². The van der Waals surface area contributed by atoms with Crippen LogP contribution < -0.4 is 0 Å². The van der Waals surface area contributed by atoms with Crippen molar-refractivity contribution in [1.82, 2.24) is 4.90 Å². The zero-order valence-electron chi connectivity index (χ0n) is 6.99. The molecular formula is C8H14N2O. The lowest BCUT2D eigenvalue weighted by Gasteiger charge is -2.37. The van der Waals surface area contributed by atoms with Crippen LogP contribution in [0.3, 0.4) is 0 Å². The highest BCUT2D eigenvalue weighted by Crippen LogP contribution is 2.07. The van der Waals surface area contributed by atoms with Crippen LogP contribution in [0.2, 0.25) is 0 Å². The van der Waals surface area contributed by atoms with Crippen molar-refractivity contribution in [2.24, 2.45) is 4.99 Å². The molecule has 1 aliphatic heterocycles. The maximum atomic E-state index is 8.98. The van der Waals surface area contributed by atoms with Crippen LogP contribution >= 0.6 is 0 Å². The van der Waals surface area contributed by atoms with E-state index in [4.69, 9.17) is 5.11 Å². The van der Waals surface area contributed by atoms with Gasteiger partial charge in [-0.3, -0.25) is 0 Å². The molecule has 0 saturated carbocycles. The first-order valence-corrected chi connectivity index (χ1v) is 3.82. The summed E-state index contributed by atoms with van der Waals surface area (Å²) in [5, 5.41) is 8.98. The molecule has 0 aliphatic carbocycles. The average molecular weight is 154 g/mol. The standard InChI is InChI=1S/C8H14N2O/c1-3-4-9-7(2)10-5-8(11)6-10/h3-4,8,11H,5-6H2,1-2H3/b4-3-,9-7?. The van der Waals surface area contributed by atoms with E-state index in [1.165, 1.54) is 0 Å². The number of β-amino-alcohol motifs (C(OH)–C–C–N with tert-alkyl or cyclic N) is 1. The molecule has 1 rings (SSSR count). The Kier molecular flexibility index (Phi) is 2.65. The number of hydrogen-bond acceptors (Lipinski definition) is 2. The minimum Gasteiger partial charge on any atom is -0.389 e. The Bertz CT molecular complexity index is 181. The fourth-order valence-corrected chi connectivity index (χ4v) is 0.984. The van der Waals surface area contributed by atoms with E-state index in [1.807, 2.05) is 24.8 Å². The third-order valence-corrected chi connectivity index (χ3v) is 1.73. The molecule has 0 aromatic rings. The Morgan fingerprint density at radius 3 is 2.73 bits per heavy atom. The molecule has 62 valence electrons. The molecule has 0 spiro atoms. The summed E-state index contributed by atoms with van der Waals surface area (Å²) < 4.78 is 0. The van der Waals surface area contributed by atoms with Crippen LogP contribution in [0.5, 0.6) is 0 Å². The van der Waals surface area contributed by atoms with E-state index in [2.05, 4.69) is 4.99 Å². The van der Waals surface area contributed by atoms with Gasteiger partial charge in [-0.1, -0.05) is 6.08 Å². The van der Waals surface area contributed by atoms with Crippen molar-refractivity contribution in [2.75, 3.05) is 13.1 Å². The molecule has 1 saturated heterocycles. The van der Waals surface area contributed by atoms with Crippen LogP contribution in [0.25, 0.3) is 0 Å². The van der Waals surface area contributed by atoms with Gasteiger partial charge in [-0.05, 0) is 13.8 Å². The zero-order chi connectivity index (χ0) is 8.27. The van der Waals surface area contributed by atoms with Crippen molar-refractivity contribution in [2.45, 2.75) is 20.0 Å². The second-order valence-corrected chi connectivity index (χ2v) is 2.72. The van der Waals surface area contributed by atoms with E-state index in [1.54, 1.807) is 6.20 Å². The predicted octanol–water partition coefficient (Wildman–Crippen LogP) is 0.615. The summed E-state index contributed by atoms with van der Waals surface area (Å²) >= 11 is 0. The van der Waals surface area contributed by atoms with E-state index < -0.39 is 0 Å². The number of aliphatic imine (C=N–C) groups is 1. The van der Waals surface area contributed by atoms with E-state index in [0.29, 0.717) is 0 Å². The summed E-state index contributed by atoms with van der Waals surface area (Å²) in [6, 6.07) is 0. The first-order valence-electron chi connectivity index (χ1n) is 3.82. The minimum absolute atomic E-state index is 0.147. The lowest BCUT2D eigenvalue weighted by Crippen LogP contribution is -2.52. The van der Waals surface area contributed by atoms with Gasteiger partial charge >= 0.3 is 0 Å². The molecule has 0 bridgehead atoms. The largest absolute Gasteiger partial charge is 0.389 e. The van der Waals surface area contributed by atoms with Crippen LogP contribution in [0.15, 0.2) is 17.3 Å². The first-order chi connectivity index (χ1) is 5.24. The third-order valence-electron chi connectivity index (χ3n) is 1.73. The summed E-state index contributed by atoms with van der Waals surface area (Å²) in [4.78, 5) is 6.20. The summed E-state index contributed by atoms with van der Waals surface area (Å²) in [5.74, 6) is 0.980. The van der Waals surface area contributed by atoms with E-state index in [0.717, 1.165) is 18.9 Å². The number of nitrogens with zero attached hydrogens (tertiary/aromatic N) is 2. The number of aliphatic hydroxyl groups excluding tert-OH is 1. The molecule has 1 aliphatic rings. The smallest absolute Gasteiger partial charge is 0.101 e. The van der Waals surface area contributed by atoms with Crippen LogP contribution in [-0.2, 0) is 0 Å². The average Bonchev–Trinajstić information content (AvgIpc) is 1.94. The molecule has 0 amide bonds. The predicted molar refractivity (Wildman–Crippen MR) is 45.5 cm³/mol. The molecule has 0 atom stereocenters. The number of aliphatic hydroxyl groups is 1. The number of hydrogen-bond donors (Lipinski definition) is 1. The molecular weight excluding hydrogens is 140 g/mol. The lowest BCUT2D eigenvalue weighted by atomic mass is 10.2. The molecule has 1 N–H and O–H groups in total. The molecule has 3 nitrogen and oxygen atoms in total. The highest BCUT2D eigenvalue weighted by Gasteiger charge is 2.24. The lowest BCUT2D eigenvalue weighted by molar-refractivity contribution is 0.0463. The van der Waals surface area contributed by atoms with E-state index >= 15 is 0 Å². The van der Waals surface area contributed by atoms with Crippen molar-refractivity contribution in [1.29, 1.82) is 0 Å². The molecule has 1 heterocycles. The highest BCUT2D eigenvalue weighted by atomic mass is 16.3. The summed E-state index contributed by atoms with van der Waals surface area (Å²) in [6.07, 6.45) is 3.51. The monoisotopic (exact) mass is 154 g/mol. The topological polar surface area (TPSA) is 35.8 Å². The van der Waals surface area contributed by atoms with E-state index in [-0.39, 0.29) is 6.10 Å². The Morgan fingerprint density at radius 2 is 2.27 bits per heavy atom. The van der Waals surface area contributed by atoms with Crippen LogP contribution in [-0.4, -0.2) is 35.0 Å². The highest BCUT2D eigenvalue weighted by molar-refractivity contribution is 5.81. The van der Waals surface area contributed by atoms with Crippen molar-refractivity contribution in [3.05, 3.63) is 12.3 Å². The van der Waals surface area contributed by atoms with Gasteiger partial charge in [-0.25, -0.2) is 4.99 Å². The van der Waals surface area contributed by atoms with Gasteiger partial charge in [0.1, 0.15) is 5.84 Å². The maximum Gasteiger partial charge on any atom is 0.101 e. The van der Waals surface area contributed by atoms with Crippen molar-refractivity contribution >= 4 is 5.84 Å². The Morgan fingerprint density at radius 1 is 1.64 bits per heavy atom. The fraction of sp³-hybridized carbons (Fsp3) is 0.625. The van der Waals surface area contributed by atoms with Gasteiger partial charge < -0.3 is 10.0 Å². The molecule has 0 aromatic carbocycles. The van der Waals surface area contributed by atoms with Gasteiger partial charge in [0.15, 0.2) is 0 Å².